The van der Waals surface area contributed by atoms with Crippen LogP contribution < -0.4 is 15.5 Å². The molecule has 0 aromatic heterocycles. The van der Waals surface area contributed by atoms with Crippen molar-refractivity contribution in [3.63, 3.8) is 0 Å². The van der Waals surface area contributed by atoms with Gasteiger partial charge in [-0.15, -0.1) is 0 Å². The molecule has 0 radical (unpaired) electrons. The molecule has 2 N–H and O–H groups in total. The molecule has 2 aromatic carbocycles. The number of nitrogens with two attached hydrogens (primary N) is 1. The van der Waals surface area contributed by atoms with Gasteiger partial charge in [0.2, 0.25) is 5.91 Å². The molecule has 0 aliphatic carbocycles. The van der Waals surface area contributed by atoms with Crippen molar-refractivity contribution in [2.45, 2.75) is 12.5 Å². The third kappa shape index (κ3) is 5.43. The molecular weight excluding hydrogens is 384 g/mol. The van der Waals surface area contributed by atoms with Gasteiger partial charge in [-0.2, -0.15) is 13.5 Å². The van der Waals surface area contributed by atoms with E-state index in [2.05, 4.69) is 4.90 Å². The first kappa shape index (κ1) is 22.1. The van der Waals surface area contributed by atoms with E-state index in [1.54, 1.807) is 7.05 Å². The van der Waals surface area contributed by atoms with Gasteiger partial charge in [-0.3, -0.25) is 4.79 Å². The summed E-state index contributed by atoms with van der Waals surface area (Å²) < 4.78 is 32.0. The van der Waals surface area contributed by atoms with Gasteiger partial charge >= 0.3 is 0 Å². The summed E-state index contributed by atoms with van der Waals surface area (Å²) in [5.41, 5.74) is 8.11. The predicted octanol–water partition coefficient (Wildman–Crippen LogP) is 2.45. The van der Waals surface area contributed by atoms with Crippen LogP contribution in [0.5, 0.6) is 0 Å². The molecule has 8 heteroatoms. The second kappa shape index (κ2) is 9.86. The molecule has 1 aliphatic rings. The molecule has 0 unspecified atom stereocenters. The van der Waals surface area contributed by atoms with E-state index in [9.17, 15) is 13.6 Å². The number of hydrogen-bond donors (Lipinski definition) is 1. The van der Waals surface area contributed by atoms with Crippen LogP contribution in [0.4, 0.5) is 20.2 Å². The van der Waals surface area contributed by atoms with E-state index in [4.69, 9.17) is 10.5 Å². The first-order chi connectivity index (χ1) is 12.9. The molecule has 0 saturated carbocycles. The smallest absolute Gasteiger partial charge is 0.243 e. The lowest BCUT2D eigenvalue weighted by molar-refractivity contribution is -0.119. The van der Waals surface area contributed by atoms with Crippen molar-refractivity contribution in [1.29, 1.82) is 0 Å². The summed E-state index contributed by atoms with van der Waals surface area (Å²) in [6, 6.07) is 9.90. The van der Waals surface area contributed by atoms with E-state index in [1.807, 2.05) is 24.3 Å². The van der Waals surface area contributed by atoms with Crippen LogP contribution >= 0.6 is 13.5 Å². The van der Waals surface area contributed by atoms with E-state index < -0.39 is 17.7 Å². The zero-order chi connectivity index (χ0) is 19.4. The third-order valence-electron chi connectivity index (χ3n) is 4.64. The number of carbonyl (C=O) groups excluding carboxylic acids is 1. The Balaban J connectivity index is 0.00000280. The number of rotatable bonds is 5. The fraction of sp³-hybridized carbons (Fsp3) is 0.350. The molecule has 1 heterocycles. The lowest BCUT2D eigenvalue weighted by Crippen LogP contribution is -2.43. The molecule has 1 atom stereocenters. The summed E-state index contributed by atoms with van der Waals surface area (Å²) in [5.74, 6) is -1.69. The number of likely N-dealkylation sites (N-methyl/N-ethyl adjacent to an activating group) is 1. The van der Waals surface area contributed by atoms with Crippen molar-refractivity contribution in [1.82, 2.24) is 0 Å². The Bertz CT molecular complexity index is 778. The minimum Gasteiger partial charge on any atom is -0.378 e. The van der Waals surface area contributed by atoms with Crippen LogP contribution in [0.3, 0.4) is 0 Å². The van der Waals surface area contributed by atoms with Crippen LogP contribution in [0.25, 0.3) is 0 Å². The molecule has 1 aliphatic heterocycles. The minimum absolute atomic E-state index is 0. The van der Waals surface area contributed by atoms with E-state index in [-0.39, 0.29) is 25.8 Å². The summed E-state index contributed by atoms with van der Waals surface area (Å²) in [7, 11) is 1.64. The van der Waals surface area contributed by atoms with Crippen molar-refractivity contribution in [3.05, 3.63) is 59.7 Å². The molecule has 0 bridgehead atoms. The van der Waals surface area contributed by atoms with Crippen LogP contribution in [0, 0.1) is 11.6 Å². The maximum atomic E-state index is 13.3. The standard InChI is InChI=1S/C20H23F2N3O2.H2S/c1-24(17-2-4-18(5-3-17)25-6-8-27-9-7-25)20(26)19(23)12-14-10-15(21)13-16(22)11-14;/h2-5,10-11,13,19H,6-9,12,23H2,1H3;1H2/t19-;/m0./s1. The Morgan fingerprint density at radius 2 is 1.71 bits per heavy atom. The molecule has 1 saturated heterocycles. The van der Waals surface area contributed by atoms with Gasteiger partial charge in [-0.05, 0) is 48.4 Å². The molecule has 1 fully saturated rings. The molecule has 5 nitrogen and oxygen atoms in total. The highest BCUT2D eigenvalue weighted by molar-refractivity contribution is 7.59. The highest BCUT2D eigenvalue weighted by Crippen LogP contribution is 2.22. The Labute approximate surface area is 170 Å². The highest BCUT2D eigenvalue weighted by atomic mass is 32.1. The number of morpholine rings is 1. The fourth-order valence-corrected chi connectivity index (χ4v) is 3.15. The van der Waals surface area contributed by atoms with Gasteiger partial charge in [0.25, 0.3) is 0 Å². The van der Waals surface area contributed by atoms with Gasteiger partial charge in [0.1, 0.15) is 11.6 Å². The average molecular weight is 410 g/mol. The molecule has 2 aromatic rings. The Kier molecular flexibility index (Phi) is 7.79. The van der Waals surface area contributed by atoms with Crippen molar-refractivity contribution < 1.29 is 18.3 Å². The normalized spacial score (nSPS) is 14.9. The lowest BCUT2D eigenvalue weighted by Gasteiger charge is -2.29. The van der Waals surface area contributed by atoms with Crippen LogP contribution in [0.15, 0.2) is 42.5 Å². The number of hydrogen-bond acceptors (Lipinski definition) is 4. The maximum absolute atomic E-state index is 13.3. The highest BCUT2D eigenvalue weighted by Gasteiger charge is 2.21. The zero-order valence-electron chi connectivity index (χ0n) is 15.7. The first-order valence-corrected chi connectivity index (χ1v) is 8.85. The number of amides is 1. The number of nitrogens with zero attached hydrogens (tertiary/aromatic N) is 2. The van der Waals surface area contributed by atoms with Crippen molar-refractivity contribution in [2.24, 2.45) is 5.73 Å². The third-order valence-corrected chi connectivity index (χ3v) is 4.64. The predicted molar refractivity (Wildman–Crippen MR) is 111 cm³/mol. The Morgan fingerprint density at radius 1 is 1.14 bits per heavy atom. The average Bonchev–Trinajstić information content (AvgIpc) is 2.67. The van der Waals surface area contributed by atoms with E-state index in [1.165, 1.54) is 17.0 Å². The quantitative estimate of drug-likeness (QED) is 0.824. The summed E-state index contributed by atoms with van der Waals surface area (Å²) in [4.78, 5) is 16.3. The molecule has 152 valence electrons. The van der Waals surface area contributed by atoms with Gasteiger partial charge in [-0.1, -0.05) is 0 Å². The fourth-order valence-electron chi connectivity index (χ4n) is 3.15. The van der Waals surface area contributed by atoms with E-state index in [0.29, 0.717) is 24.5 Å². The SMILES string of the molecule is CN(C(=O)[C@@H](N)Cc1cc(F)cc(F)c1)c1ccc(N2CCOCC2)cc1.S. The van der Waals surface area contributed by atoms with Gasteiger partial charge in [0.15, 0.2) is 0 Å². The van der Waals surface area contributed by atoms with Gasteiger partial charge in [0.05, 0.1) is 19.3 Å². The van der Waals surface area contributed by atoms with Crippen molar-refractivity contribution >= 4 is 30.8 Å². The second-order valence-electron chi connectivity index (χ2n) is 6.60. The van der Waals surface area contributed by atoms with Crippen LogP contribution in [-0.2, 0) is 16.0 Å². The van der Waals surface area contributed by atoms with E-state index >= 15 is 0 Å². The van der Waals surface area contributed by atoms with E-state index in [0.717, 1.165) is 24.8 Å². The van der Waals surface area contributed by atoms with Crippen LogP contribution in [-0.4, -0.2) is 45.3 Å². The monoisotopic (exact) mass is 409 g/mol. The van der Waals surface area contributed by atoms with Gasteiger partial charge < -0.3 is 20.3 Å². The van der Waals surface area contributed by atoms with Gasteiger partial charge in [-0.25, -0.2) is 8.78 Å². The largest absolute Gasteiger partial charge is 0.378 e. The topological polar surface area (TPSA) is 58.8 Å². The number of halogens is 2. The Morgan fingerprint density at radius 3 is 2.29 bits per heavy atom. The number of carbonyl (C=O) groups is 1. The summed E-state index contributed by atoms with van der Waals surface area (Å²) in [6.07, 6.45) is 0.0592. The van der Waals surface area contributed by atoms with Crippen molar-refractivity contribution in [3.8, 4) is 0 Å². The van der Waals surface area contributed by atoms with Crippen LogP contribution in [0.2, 0.25) is 0 Å². The zero-order valence-corrected chi connectivity index (χ0v) is 16.7. The van der Waals surface area contributed by atoms with Crippen molar-refractivity contribution in [2.75, 3.05) is 43.2 Å². The minimum atomic E-state index is -0.893. The molecule has 1 amide bonds. The lowest BCUT2D eigenvalue weighted by atomic mass is 10.0. The van der Waals surface area contributed by atoms with Gasteiger partial charge in [0, 0.05) is 37.6 Å². The number of anilines is 2. The Hall–Kier alpha value is -2.16. The molecule has 3 rings (SSSR count). The molecule has 28 heavy (non-hydrogen) atoms. The maximum Gasteiger partial charge on any atom is 0.243 e. The number of ether oxygens (including phenoxy) is 1. The summed E-state index contributed by atoms with van der Waals surface area (Å²) in [5, 5.41) is 0. The summed E-state index contributed by atoms with van der Waals surface area (Å²) >= 11 is 0. The summed E-state index contributed by atoms with van der Waals surface area (Å²) in [6.45, 7) is 3.08. The second-order valence-corrected chi connectivity index (χ2v) is 6.60. The number of benzene rings is 2. The van der Waals surface area contributed by atoms with Crippen LogP contribution in [0.1, 0.15) is 5.56 Å². The first-order valence-electron chi connectivity index (χ1n) is 8.85. The molecule has 0 spiro atoms. The molecular formula is C20H25F2N3O2S.